The van der Waals surface area contributed by atoms with Crippen LogP contribution in [0.5, 0.6) is 0 Å². The average molecular weight is 259 g/mol. The molecule has 0 saturated carbocycles. The maximum absolute atomic E-state index is 12.5. The maximum atomic E-state index is 12.5. The van der Waals surface area contributed by atoms with Gasteiger partial charge in [0.25, 0.3) is 0 Å². The zero-order valence-corrected chi connectivity index (χ0v) is 11.8. The van der Waals surface area contributed by atoms with Gasteiger partial charge in [-0.2, -0.15) is 0 Å². The van der Waals surface area contributed by atoms with Crippen molar-refractivity contribution in [1.29, 1.82) is 0 Å². The molecule has 1 aromatic carbocycles. The molecule has 1 N–H and O–H groups in total. The van der Waals surface area contributed by atoms with Crippen molar-refractivity contribution >= 4 is 11.7 Å². The summed E-state index contributed by atoms with van der Waals surface area (Å²) in [6.07, 6.45) is 2.39. The molecule has 3 nitrogen and oxygen atoms in total. The van der Waals surface area contributed by atoms with E-state index in [1.165, 1.54) is 0 Å². The Morgan fingerprint density at radius 3 is 2.63 bits per heavy atom. The second-order valence-corrected chi connectivity index (χ2v) is 6.21. The van der Waals surface area contributed by atoms with Gasteiger partial charge in [-0.3, -0.25) is 9.59 Å². The van der Waals surface area contributed by atoms with Crippen LogP contribution >= 0.6 is 0 Å². The molecule has 0 fully saturated rings. The van der Waals surface area contributed by atoms with E-state index >= 15 is 0 Å². The molecule has 0 saturated heterocycles. The normalized spacial score (nSPS) is 19.5. The third kappa shape index (κ3) is 3.22. The number of fused-ring (bicyclic) bond motifs is 1. The Kier molecular flexibility index (Phi) is 3.74. The number of carbonyl (C=O) groups is 2. The predicted molar refractivity (Wildman–Crippen MR) is 75.1 cm³/mol. The lowest BCUT2D eigenvalue weighted by Gasteiger charge is -2.23. The van der Waals surface area contributed by atoms with Crippen LogP contribution < -0.4 is 5.32 Å². The van der Waals surface area contributed by atoms with Crippen molar-refractivity contribution in [3.05, 3.63) is 35.4 Å². The van der Waals surface area contributed by atoms with Crippen LogP contribution in [-0.4, -0.2) is 17.2 Å². The summed E-state index contributed by atoms with van der Waals surface area (Å²) in [5, 5.41) is 2.92. The molecule has 0 aliphatic heterocycles. The van der Waals surface area contributed by atoms with Crippen molar-refractivity contribution in [3.63, 3.8) is 0 Å². The number of Topliss-reactive ketones (excluding diaryl/α,β-unsaturated/α-hetero) is 1. The Morgan fingerprint density at radius 2 is 1.95 bits per heavy atom. The predicted octanol–water partition coefficient (Wildman–Crippen LogP) is 2.74. The molecule has 3 heteroatoms. The van der Waals surface area contributed by atoms with E-state index in [0.717, 1.165) is 18.4 Å². The quantitative estimate of drug-likeness (QED) is 0.622. The molecule has 0 bridgehead atoms. The summed E-state index contributed by atoms with van der Waals surface area (Å²) in [5.41, 5.74) is 1.48. The lowest BCUT2D eigenvalue weighted by Crippen LogP contribution is -2.45. The highest BCUT2D eigenvalue weighted by atomic mass is 16.2. The third-order valence-electron chi connectivity index (χ3n) is 3.35. The number of rotatable bonds is 1. The van der Waals surface area contributed by atoms with Crippen molar-refractivity contribution in [2.24, 2.45) is 5.92 Å². The Balaban J connectivity index is 2.25. The zero-order chi connectivity index (χ0) is 14.0. The number of nitrogens with one attached hydrogen (secondary N) is 1. The molecular formula is C16H21NO2. The number of aryl methyl sites for hydroxylation is 1. The summed E-state index contributed by atoms with van der Waals surface area (Å²) < 4.78 is 0. The fourth-order valence-electron chi connectivity index (χ4n) is 2.50. The molecule has 0 aromatic heterocycles. The SMILES string of the molecule is CC(C)(C)NC(=O)C1CCCc2ccccc2C1=O. The molecule has 19 heavy (non-hydrogen) atoms. The summed E-state index contributed by atoms with van der Waals surface area (Å²) >= 11 is 0. The first-order valence-electron chi connectivity index (χ1n) is 6.82. The van der Waals surface area contributed by atoms with Gasteiger partial charge in [0.15, 0.2) is 5.78 Å². The molecule has 1 atom stereocenters. The topological polar surface area (TPSA) is 46.2 Å². The number of hydrogen-bond donors (Lipinski definition) is 1. The summed E-state index contributed by atoms with van der Waals surface area (Å²) in [7, 11) is 0. The molecule has 0 heterocycles. The van der Waals surface area contributed by atoms with Crippen LogP contribution in [0.4, 0.5) is 0 Å². The molecule has 0 radical (unpaired) electrons. The smallest absolute Gasteiger partial charge is 0.231 e. The van der Waals surface area contributed by atoms with Crippen molar-refractivity contribution in [3.8, 4) is 0 Å². The van der Waals surface area contributed by atoms with E-state index in [4.69, 9.17) is 0 Å². The standard InChI is InChI=1S/C16H21NO2/c1-16(2,3)17-15(19)13-10-6-8-11-7-4-5-9-12(11)14(13)18/h4-5,7,9,13H,6,8,10H2,1-3H3,(H,17,19). The van der Waals surface area contributed by atoms with E-state index in [1.807, 2.05) is 45.0 Å². The number of hydrogen-bond acceptors (Lipinski definition) is 2. The summed E-state index contributed by atoms with van der Waals surface area (Å²) in [6, 6.07) is 7.63. The second kappa shape index (κ2) is 5.16. The third-order valence-corrected chi connectivity index (χ3v) is 3.35. The molecule has 1 aliphatic carbocycles. The van der Waals surface area contributed by atoms with Gasteiger partial charge in [-0.05, 0) is 45.6 Å². The molecule has 0 spiro atoms. The molecule has 2 rings (SSSR count). The Labute approximate surface area is 114 Å². The Morgan fingerprint density at radius 1 is 1.26 bits per heavy atom. The van der Waals surface area contributed by atoms with Gasteiger partial charge in [-0.15, -0.1) is 0 Å². The number of carbonyl (C=O) groups excluding carboxylic acids is 2. The van der Waals surface area contributed by atoms with Crippen LogP contribution in [0.3, 0.4) is 0 Å². The molecule has 1 aliphatic rings. The number of benzene rings is 1. The van der Waals surface area contributed by atoms with Crippen LogP contribution in [-0.2, 0) is 11.2 Å². The average Bonchev–Trinajstić information content (AvgIpc) is 2.47. The van der Waals surface area contributed by atoms with Gasteiger partial charge >= 0.3 is 0 Å². The first kappa shape index (κ1) is 13.8. The van der Waals surface area contributed by atoms with Crippen LogP contribution in [0.25, 0.3) is 0 Å². The van der Waals surface area contributed by atoms with Crippen LogP contribution in [0.15, 0.2) is 24.3 Å². The van der Waals surface area contributed by atoms with Crippen molar-refractivity contribution < 1.29 is 9.59 Å². The van der Waals surface area contributed by atoms with Gasteiger partial charge < -0.3 is 5.32 Å². The van der Waals surface area contributed by atoms with E-state index in [0.29, 0.717) is 12.0 Å². The summed E-state index contributed by atoms with van der Waals surface area (Å²) in [4.78, 5) is 24.8. The van der Waals surface area contributed by atoms with Gasteiger partial charge in [-0.1, -0.05) is 24.3 Å². The van der Waals surface area contributed by atoms with Crippen molar-refractivity contribution in [2.45, 2.75) is 45.6 Å². The zero-order valence-electron chi connectivity index (χ0n) is 11.8. The first-order valence-corrected chi connectivity index (χ1v) is 6.82. The highest BCUT2D eigenvalue weighted by Gasteiger charge is 2.32. The molecule has 1 amide bonds. The van der Waals surface area contributed by atoms with E-state index in [1.54, 1.807) is 0 Å². The minimum atomic E-state index is -0.539. The minimum absolute atomic E-state index is 0.0325. The second-order valence-electron chi connectivity index (χ2n) is 6.21. The molecule has 102 valence electrons. The highest BCUT2D eigenvalue weighted by molar-refractivity contribution is 6.11. The summed E-state index contributed by atoms with van der Waals surface area (Å²) in [5.74, 6) is -0.716. The van der Waals surface area contributed by atoms with Crippen LogP contribution in [0, 0.1) is 5.92 Å². The molecule has 1 unspecified atom stereocenters. The van der Waals surface area contributed by atoms with Crippen LogP contribution in [0.2, 0.25) is 0 Å². The monoisotopic (exact) mass is 259 g/mol. The lowest BCUT2D eigenvalue weighted by atomic mass is 9.93. The maximum Gasteiger partial charge on any atom is 0.231 e. The van der Waals surface area contributed by atoms with Crippen molar-refractivity contribution in [1.82, 2.24) is 5.32 Å². The fraction of sp³-hybridized carbons (Fsp3) is 0.500. The van der Waals surface area contributed by atoms with Gasteiger partial charge in [0.2, 0.25) is 5.91 Å². The van der Waals surface area contributed by atoms with E-state index in [2.05, 4.69) is 5.32 Å². The summed E-state index contributed by atoms with van der Waals surface area (Å²) in [6.45, 7) is 5.79. The van der Waals surface area contributed by atoms with Gasteiger partial charge in [-0.25, -0.2) is 0 Å². The minimum Gasteiger partial charge on any atom is -0.351 e. The number of ketones is 1. The van der Waals surface area contributed by atoms with Gasteiger partial charge in [0.1, 0.15) is 5.92 Å². The lowest BCUT2D eigenvalue weighted by molar-refractivity contribution is -0.125. The number of amides is 1. The van der Waals surface area contributed by atoms with E-state index in [9.17, 15) is 9.59 Å². The molecule has 1 aromatic rings. The Hall–Kier alpha value is -1.64. The van der Waals surface area contributed by atoms with Crippen LogP contribution in [0.1, 0.15) is 49.5 Å². The van der Waals surface area contributed by atoms with Gasteiger partial charge in [0, 0.05) is 11.1 Å². The fourth-order valence-corrected chi connectivity index (χ4v) is 2.50. The van der Waals surface area contributed by atoms with Gasteiger partial charge in [0.05, 0.1) is 0 Å². The van der Waals surface area contributed by atoms with E-state index < -0.39 is 5.92 Å². The van der Waals surface area contributed by atoms with Crippen molar-refractivity contribution in [2.75, 3.05) is 0 Å². The largest absolute Gasteiger partial charge is 0.351 e. The molecular weight excluding hydrogens is 238 g/mol. The van der Waals surface area contributed by atoms with E-state index in [-0.39, 0.29) is 17.2 Å². The Bertz CT molecular complexity index is 500. The highest BCUT2D eigenvalue weighted by Crippen LogP contribution is 2.25. The first-order chi connectivity index (χ1) is 8.88.